The molecule has 0 aromatic carbocycles. The fourth-order valence-electron chi connectivity index (χ4n) is 0.616. The lowest BCUT2D eigenvalue weighted by Crippen LogP contribution is -2.31. The van der Waals surface area contributed by atoms with Gasteiger partial charge in [-0.15, -0.1) is 0 Å². The normalized spacial score (nSPS) is 8.50. The predicted molar refractivity (Wildman–Crippen MR) is 42.4 cm³/mol. The third kappa shape index (κ3) is 3.73. The quantitative estimate of drug-likeness (QED) is 0.464. The highest BCUT2D eigenvalue weighted by Gasteiger charge is 2.10. The Morgan fingerprint density at radius 1 is 1.58 bits per heavy atom. The van der Waals surface area contributed by atoms with E-state index < -0.39 is 6.09 Å². The summed E-state index contributed by atoms with van der Waals surface area (Å²) in [5.74, 6) is 0. The van der Waals surface area contributed by atoms with Gasteiger partial charge in [-0.2, -0.15) is 4.99 Å². The van der Waals surface area contributed by atoms with Crippen molar-refractivity contribution in [3.63, 3.8) is 0 Å². The molecule has 0 saturated carbocycles. The summed E-state index contributed by atoms with van der Waals surface area (Å²) in [6.45, 7) is 4.29. The molecule has 1 amide bonds. The topological polar surface area (TPSA) is 59.0 Å². The molecular weight excluding hydrogens is 160 g/mol. The molecule has 0 spiro atoms. The molecule has 0 aliphatic heterocycles. The van der Waals surface area contributed by atoms with Crippen molar-refractivity contribution in [1.82, 2.24) is 4.90 Å². The number of carbonyl (C=O) groups excluding carboxylic acids is 2. The summed E-state index contributed by atoms with van der Waals surface area (Å²) in [6.07, 6.45) is 0.896. The van der Waals surface area contributed by atoms with E-state index in [0.29, 0.717) is 13.2 Å². The van der Waals surface area contributed by atoms with Crippen LogP contribution in [0.3, 0.4) is 0 Å². The van der Waals surface area contributed by atoms with E-state index in [4.69, 9.17) is 0 Å². The SMILES string of the molecule is CCOC(=O)N(CC)CN=C=O. The molecule has 0 aromatic rings. The third-order valence-electron chi connectivity index (χ3n) is 1.21. The largest absolute Gasteiger partial charge is 0.450 e. The molecule has 0 aromatic heterocycles. The zero-order valence-corrected chi connectivity index (χ0v) is 7.24. The van der Waals surface area contributed by atoms with Crippen LogP contribution in [0.4, 0.5) is 4.79 Å². The molecule has 0 fully saturated rings. The molecular formula is C7H12N2O3. The molecule has 0 saturated heterocycles. The Morgan fingerprint density at radius 2 is 2.25 bits per heavy atom. The fourth-order valence-corrected chi connectivity index (χ4v) is 0.616. The number of carbonyl (C=O) groups is 1. The Morgan fingerprint density at radius 3 is 2.67 bits per heavy atom. The lowest BCUT2D eigenvalue weighted by molar-refractivity contribution is 0.110. The van der Waals surface area contributed by atoms with Gasteiger partial charge < -0.3 is 4.74 Å². The van der Waals surface area contributed by atoms with Crippen LogP contribution < -0.4 is 0 Å². The number of nitrogens with zero attached hydrogens (tertiary/aromatic N) is 2. The van der Waals surface area contributed by atoms with Crippen molar-refractivity contribution in [2.75, 3.05) is 19.8 Å². The van der Waals surface area contributed by atoms with E-state index in [1.54, 1.807) is 13.8 Å². The van der Waals surface area contributed by atoms with Crippen LogP contribution in [0.1, 0.15) is 13.8 Å². The van der Waals surface area contributed by atoms with Crippen LogP contribution in [-0.2, 0) is 9.53 Å². The van der Waals surface area contributed by atoms with Crippen molar-refractivity contribution < 1.29 is 14.3 Å². The van der Waals surface area contributed by atoms with Crippen LogP contribution in [0.25, 0.3) is 0 Å². The first-order valence-corrected chi connectivity index (χ1v) is 3.71. The summed E-state index contributed by atoms with van der Waals surface area (Å²) >= 11 is 0. The van der Waals surface area contributed by atoms with Crippen LogP contribution in [0.5, 0.6) is 0 Å². The number of hydrogen-bond donors (Lipinski definition) is 0. The van der Waals surface area contributed by atoms with E-state index in [1.807, 2.05) is 0 Å². The van der Waals surface area contributed by atoms with Crippen LogP contribution in [0.15, 0.2) is 4.99 Å². The van der Waals surface area contributed by atoms with Gasteiger partial charge in [0.2, 0.25) is 6.08 Å². The highest BCUT2D eigenvalue weighted by molar-refractivity contribution is 5.67. The Bertz CT molecular complexity index is 187. The lowest BCUT2D eigenvalue weighted by Gasteiger charge is -2.16. The Labute approximate surface area is 71.0 Å². The molecule has 0 aliphatic rings. The van der Waals surface area contributed by atoms with Crippen LogP contribution >= 0.6 is 0 Å². The maximum Gasteiger partial charge on any atom is 0.411 e. The summed E-state index contributed by atoms with van der Waals surface area (Å²) in [6, 6.07) is 0. The van der Waals surface area contributed by atoms with Crippen LogP contribution in [0.2, 0.25) is 0 Å². The number of isocyanates is 1. The minimum Gasteiger partial charge on any atom is -0.450 e. The van der Waals surface area contributed by atoms with Crippen molar-refractivity contribution in [1.29, 1.82) is 0 Å². The molecule has 0 N–H and O–H groups in total. The molecule has 0 rings (SSSR count). The lowest BCUT2D eigenvalue weighted by atomic mass is 10.6. The second kappa shape index (κ2) is 6.37. The summed E-state index contributed by atoms with van der Waals surface area (Å²) < 4.78 is 4.69. The summed E-state index contributed by atoms with van der Waals surface area (Å²) in [7, 11) is 0. The van der Waals surface area contributed by atoms with Crippen molar-refractivity contribution in [2.24, 2.45) is 4.99 Å². The minimum absolute atomic E-state index is 0.0127. The summed E-state index contributed by atoms with van der Waals surface area (Å²) in [5, 5.41) is 0. The van der Waals surface area contributed by atoms with Gasteiger partial charge in [0, 0.05) is 6.54 Å². The van der Waals surface area contributed by atoms with Gasteiger partial charge in [-0.05, 0) is 13.8 Å². The zero-order chi connectivity index (χ0) is 9.40. The number of ether oxygens (including phenoxy) is 1. The van der Waals surface area contributed by atoms with Crippen molar-refractivity contribution in [2.45, 2.75) is 13.8 Å². The highest BCUT2D eigenvalue weighted by atomic mass is 16.6. The van der Waals surface area contributed by atoms with E-state index in [1.165, 1.54) is 11.0 Å². The zero-order valence-electron chi connectivity index (χ0n) is 7.24. The molecule has 0 radical (unpaired) electrons. The first kappa shape index (κ1) is 10.7. The van der Waals surface area contributed by atoms with E-state index in [2.05, 4.69) is 9.73 Å². The van der Waals surface area contributed by atoms with Gasteiger partial charge in [0.25, 0.3) is 0 Å². The van der Waals surface area contributed by atoms with Gasteiger partial charge in [0.15, 0.2) is 0 Å². The van der Waals surface area contributed by atoms with E-state index in [9.17, 15) is 9.59 Å². The van der Waals surface area contributed by atoms with Gasteiger partial charge in [-0.25, -0.2) is 9.59 Å². The van der Waals surface area contributed by atoms with Crippen molar-refractivity contribution in [3.8, 4) is 0 Å². The molecule has 12 heavy (non-hydrogen) atoms. The van der Waals surface area contributed by atoms with Crippen LogP contribution in [-0.4, -0.2) is 36.9 Å². The molecule has 0 unspecified atom stereocenters. The second-order valence-electron chi connectivity index (χ2n) is 1.95. The second-order valence-corrected chi connectivity index (χ2v) is 1.95. The molecule has 0 atom stereocenters. The maximum absolute atomic E-state index is 11.0. The Hall–Kier alpha value is -1.35. The molecule has 0 bridgehead atoms. The smallest absolute Gasteiger partial charge is 0.411 e. The molecule has 68 valence electrons. The van der Waals surface area contributed by atoms with Gasteiger partial charge in [0.1, 0.15) is 6.67 Å². The van der Waals surface area contributed by atoms with Gasteiger partial charge in [-0.1, -0.05) is 0 Å². The average Bonchev–Trinajstić information content (AvgIpc) is 2.06. The van der Waals surface area contributed by atoms with Gasteiger partial charge in [-0.3, -0.25) is 4.90 Å². The number of rotatable bonds is 4. The van der Waals surface area contributed by atoms with E-state index in [0.717, 1.165) is 0 Å². The molecule has 5 heteroatoms. The fraction of sp³-hybridized carbons (Fsp3) is 0.714. The number of hydrogen-bond acceptors (Lipinski definition) is 4. The van der Waals surface area contributed by atoms with E-state index in [-0.39, 0.29) is 6.67 Å². The number of aliphatic imine (C=N–C) groups is 1. The highest BCUT2D eigenvalue weighted by Crippen LogP contribution is 1.92. The monoisotopic (exact) mass is 172 g/mol. The maximum atomic E-state index is 11.0. The standard InChI is InChI=1S/C7H12N2O3/c1-3-9(5-8-6-10)7(11)12-4-2/h3-5H2,1-2H3. The first-order valence-electron chi connectivity index (χ1n) is 3.71. The first-order chi connectivity index (χ1) is 5.76. The van der Waals surface area contributed by atoms with Crippen molar-refractivity contribution >= 4 is 12.2 Å². The minimum atomic E-state index is -0.459. The molecule has 0 aliphatic carbocycles. The number of amides is 1. The van der Waals surface area contributed by atoms with E-state index >= 15 is 0 Å². The Balaban J connectivity index is 3.95. The Kier molecular flexibility index (Phi) is 5.65. The van der Waals surface area contributed by atoms with Gasteiger partial charge in [0.05, 0.1) is 6.61 Å². The van der Waals surface area contributed by atoms with Crippen LogP contribution in [0, 0.1) is 0 Å². The summed E-state index contributed by atoms with van der Waals surface area (Å²) in [4.78, 5) is 25.3. The van der Waals surface area contributed by atoms with Crippen molar-refractivity contribution in [3.05, 3.63) is 0 Å². The molecule has 5 nitrogen and oxygen atoms in total. The average molecular weight is 172 g/mol. The predicted octanol–water partition coefficient (Wildman–Crippen LogP) is 0.758. The van der Waals surface area contributed by atoms with Gasteiger partial charge >= 0.3 is 6.09 Å². The summed E-state index contributed by atoms with van der Waals surface area (Å²) in [5.41, 5.74) is 0. The third-order valence-corrected chi connectivity index (χ3v) is 1.21. The molecule has 0 heterocycles.